The molecule has 0 aliphatic rings. The van der Waals surface area contributed by atoms with Gasteiger partial charge in [-0.3, -0.25) is 4.68 Å². The van der Waals surface area contributed by atoms with E-state index in [9.17, 15) is 13.2 Å². The minimum absolute atomic E-state index is 0.450. The molecule has 0 aliphatic heterocycles. The zero-order chi connectivity index (χ0) is 15.4. The zero-order valence-electron chi connectivity index (χ0n) is 11.4. The van der Waals surface area contributed by atoms with Crippen LogP contribution in [-0.2, 0) is 13.2 Å². The van der Waals surface area contributed by atoms with Crippen molar-refractivity contribution in [1.29, 1.82) is 0 Å². The van der Waals surface area contributed by atoms with Crippen LogP contribution in [0, 0.1) is 6.92 Å². The van der Waals surface area contributed by atoms with Crippen molar-refractivity contribution in [2.45, 2.75) is 13.1 Å². The van der Waals surface area contributed by atoms with Gasteiger partial charge >= 0.3 is 6.18 Å². The number of aromatic amines is 1. The van der Waals surface area contributed by atoms with Crippen LogP contribution in [0.25, 0.3) is 22.2 Å². The Hall–Kier alpha value is -2.44. The predicted octanol–water partition coefficient (Wildman–Crippen LogP) is 3.48. The normalized spacial score (nSPS) is 12.2. The molecule has 2 heterocycles. The van der Waals surface area contributed by atoms with Gasteiger partial charge < -0.3 is 10.7 Å². The van der Waals surface area contributed by atoms with Crippen molar-refractivity contribution in [2.24, 2.45) is 7.05 Å². The molecule has 0 fully saturated rings. The highest BCUT2D eigenvalue weighted by Crippen LogP contribution is 2.36. The first-order valence-electron chi connectivity index (χ1n) is 6.27. The number of nitrogens with zero attached hydrogens (tertiary/aromatic N) is 2. The van der Waals surface area contributed by atoms with E-state index in [1.165, 1.54) is 10.7 Å². The van der Waals surface area contributed by atoms with Gasteiger partial charge in [0.2, 0.25) is 0 Å². The molecule has 2 aromatic heterocycles. The molecule has 4 nitrogen and oxygen atoms in total. The number of fused-ring (bicyclic) bond motifs is 1. The fourth-order valence-corrected chi connectivity index (χ4v) is 2.44. The minimum Gasteiger partial charge on any atom is -0.384 e. The number of anilines is 1. The predicted molar refractivity (Wildman–Crippen MR) is 74.7 cm³/mol. The average molecular weight is 294 g/mol. The standard InChI is InChI=1S/C14H13F3N4/c1-7-13(11-6-12(18)21(2)20-11)9-5-8(14(15,16)17)3-4-10(9)19-7/h3-6,19H,18H2,1-2H3. The third-order valence-electron chi connectivity index (χ3n) is 3.49. The van der Waals surface area contributed by atoms with E-state index in [1.807, 2.05) is 0 Å². The molecule has 0 spiro atoms. The highest BCUT2D eigenvalue weighted by atomic mass is 19.4. The lowest BCUT2D eigenvalue weighted by Gasteiger charge is -2.06. The van der Waals surface area contributed by atoms with E-state index in [1.54, 1.807) is 20.0 Å². The number of halogens is 3. The van der Waals surface area contributed by atoms with E-state index < -0.39 is 11.7 Å². The maximum atomic E-state index is 12.9. The fourth-order valence-electron chi connectivity index (χ4n) is 2.44. The SMILES string of the molecule is Cc1[nH]c2ccc(C(F)(F)F)cc2c1-c1cc(N)n(C)n1. The number of H-pyrrole nitrogens is 1. The van der Waals surface area contributed by atoms with Gasteiger partial charge in [0.25, 0.3) is 0 Å². The van der Waals surface area contributed by atoms with Gasteiger partial charge in [0, 0.05) is 35.3 Å². The first-order chi connectivity index (χ1) is 9.77. The van der Waals surface area contributed by atoms with Crippen LogP contribution in [0.3, 0.4) is 0 Å². The Morgan fingerprint density at radius 2 is 1.95 bits per heavy atom. The minimum atomic E-state index is -4.38. The number of aryl methyl sites for hydroxylation is 2. The zero-order valence-corrected chi connectivity index (χ0v) is 11.4. The average Bonchev–Trinajstić information content (AvgIpc) is 2.87. The molecule has 0 aliphatic carbocycles. The molecule has 0 radical (unpaired) electrons. The van der Waals surface area contributed by atoms with E-state index in [0.717, 1.165) is 17.8 Å². The van der Waals surface area contributed by atoms with Crippen LogP contribution < -0.4 is 5.73 Å². The topological polar surface area (TPSA) is 59.6 Å². The summed E-state index contributed by atoms with van der Waals surface area (Å²) in [5.74, 6) is 0.450. The van der Waals surface area contributed by atoms with Gasteiger partial charge in [0.05, 0.1) is 11.3 Å². The lowest BCUT2D eigenvalue weighted by atomic mass is 10.1. The monoisotopic (exact) mass is 294 g/mol. The molecule has 0 amide bonds. The van der Waals surface area contributed by atoms with E-state index in [2.05, 4.69) is 10.1 Å². The molecule has 0 atom stereocenters. The summed E-state index contributed by atoms with van der Waals surface area (Å²) < 4.78 is 40.1. The van der Waals surface area contributed by atoms with E-state index in [4.69, 9.17) is 5.73 Å². The highest BCUT2D eigenvalue weighted by Gasteiger charge is 2.31. The number of alkyl halides is 3. The van der Waals surface area contributed by atoms with Crippen molar-refractivity contribution < 1.29 is 13.2 Å². The molecule has 3 aromatic rings. The van der Waals surface area contributed by atoms with Crippen molar-refractivity contribution >= 4 is 16.7 Å². The third-order valence-corrected chi connectivity index (χ3v) is 3.49. The summed E-state index contributed by atoms with van der Waals surface area (Å²) in [6, 6.07) is 5.28. The second-order valence-electron chi connectivity index (χ2n) is 4.96. The number of rotatable bonds is 1. The highest BCUT2D eigenvalue weighted by molar-refractivity contribution is 5.97. The van der Waals surface area contributed by atoms with E-state index >= 15 is 0 Å². The number of nitrogen functional groups attached to an aromatic ring is 1. The first kappa shape index (κ1) is 13.5. The Kier molecular flexibility index (Phi) is 2.76. The molecular weight excluding hydrogens is 281 g/mol. The molecule has 3 N–H and O–H groups in total. The molecule has 0 saturated heterocycles. The largest absolute Gasteiger partial charge is 0.416 e. The summed E-state index contributed by atoms with van der Waals surface area (Å²) in [6.07, 6.45) is -4.38. The number of nitrogens with two attached hydrogens (primary N) is 1. The van der Waals surface area contributed by atoms with Crippen molar-refractivity contribution in [3.8, 4) is 11.3 Å². The molecule has 0 saturated carbocycles. The molecular formula is C14H13F3N4. The van der Waals surface area contributed by atoms with E-state index in [-0.39, 0.29) is 0 Å². The van der Waals surface area contributed by atoms with Gasteiger partial charge in [-0.05, 0) is 25.1 Å². The first-order valence-corrected chi connectivity index (χ1v) is 6.27. The van der Waals surface area contributed by atoms with Gasteiger partial charge in [-0.1, -0.05) is 0 Å². The fraction of sp³-hybridized carbons (Fsp3) is 0.214. The van der Waals surface area contributed by atoms with Crippen molar-refractivity contribution in [2.75, 3.05) is 5.73 Å². The van der Waals surface area contributed by atoms with Gasteiger partial charge in [-0.2, -0.15) is 18.3 Å². The van der Waals surface area contributed by atoms with Gasteiger partial charge in [0.1, 0.15) is 5.82 Å². The second kappa shape index (κ2) is 4.28. The van der Waals surface area contributed by atoms with E-state index in [0.29, 0.717) is 28.0 Å². The van der Waals surface area contributed by atoms with Crippen LogP contribution in [0.1, 0.15) is 11.3 Å². The molecule has 3 rings (SSSR count). The molecule has 0 bridgehead atoms. The lowest BCUT2D eigenvalue weighted by molar-refractivity contribution is -0.137. The third kappa shape index (κ3) is 2.14. The van der Waals surface area contributed by atoms with Crippen LogP contribution >= 0.6 is 0 Å². The Labute approximate surface area is 118 Å². The molecule has 110 valence electrons. The van der Waals surface area contributed by atoms with Gasteiger partial charge in [-0.25, -0.2) is 0 Å². The summed E-state index contributed by atoms with van der Waals surface area (Å²) in [7, 11) is 1.68. The maximum absolute atomic E-state index is 12.9. The number of aromatic nitrogens is 3. The Morgan fingerprint density at radius 1 is 1.24 bits per heavy atom. The Morgan fingerprint density at radius 3 is 2.52 bits per heavy atom. The lowest BCUT2D eigenvalue weighted by Crippen LogP contribution is -2.04. The van der Waals surface area contributed by atoms with Crippen LogP contribution in [0.2, 0.25) is 0 Å². The summed E-state index contributed by atoms with van der Waals surface area (Å²) in [4.78, 5) is 3.08. The second-order valence-corrected chi connectivity index (χ2v) is 4.96. The quantitative estimate of drug-likeness (QED) is 0.722. The number of nitrogens with one attached hydrogen (secondary N) is 1. The number of hydrogen-bond donors (Lipinski definition) is 2. The van der Waals surface area contributed by atoms with Gasteiger partial charge in [-0.15, -0.1) is 0 Å². The molecule has 1 aromatic carbocycles. The Balaban J connectivity index is 2.28. The smallest absolute Gasteiger partial charge is 0.384 e. The summed E-state index contributed by atoms with van der Waals surface area (Å²) in [5, 5.41) is 4.73. The number of benzene rings is 1. The van der Waals surface area contributed by atoms with Crippen LogP contribution in [0.5, 0.6) is 0 Å². The molecule has 7 heteroatoms. The van der Waals surface area contributed by atoms with Crippen LogP contribution in [-0.4, -0.2) is 14.8 Å². The van der Waals surface area contributed by atoms with Gasteiger partial charge in [0.15, 0.2) is 0 Å². The van der Waals surface area contributed by atoms with Crippen molar-refractivity contribution in [3.05, 3.63) is 35.5 Å². The van der Waals surface area contributed by atoms with Crippen LogP contribution in [0.4, 0.5) is 19.0 Å². The molecule has 21 heavy (non-hydrogen) atoms. The summed E-state index contributed by atoms with van der Waals surface area (Å²) >= 11 is 0. The Bertz CT molecular complexity index is 807. The summed E-state index contributed by atoms with van der Waals surface area (Å²) in [5.41, 5.74) is 7.66. The summed E-state index contributed by atoms with van der Waals surface area (Å²) in [6.45, 7) is 1.80. The number of hydrogen-bond acceptors (Lipinski definition) is 2. The van der Waals surface area contributed by atoms with Crippen molar-refractivity contribution in [3.63, 3.8) is 0 Å². The maximum Gasteiger partial charge on any atom is 0.416 e. The van der Waals surface area contributed by atoms with Crippen LogP contribution in [0.15, 0.2) is 24.3 Å². The molecule has 0 unspecified atom stereocenters. The van der Waals surface area contributed by atoms with Crippen molar-refractivity contribution in [1.82, 2.24) is 14.8 Å².